The van der Waals surface area contributed by atoms with Crippen molar-refractivity contribution in [3.8, 4) is 6.07 Å². The van der Waals surface area contributed by atoms with Crippen LogP contribution in [0.1, 0.15) is 25.8 Å². The molecule has 15 heavy (non-hydrogen) atoms. The summed E-state index contributed by atoms with van der Waals surface area (Å²) in [5, 5.41) is 8.85. The van der Waals surface area contributed by atoms with Gasteiger partial charge >= 0.3 is 0 Å². The first kappa shape index (κ1) is 11.5. The smallest absolute Gasteiger partial charge is 0.250 e. The van der Waals surface area contributed by atoms with Crippen LogP contribution in [0.2, 0.25) is 0 Å². The molecule has 0 saturated heterocycles. The van der Waals surface area contributed by atoms with Gasteiger partial charge in [-0.25, -0.2) is 0 Å². The molecule has 0 atom stereocenters. The summed E-state index contributed by atoms with van der Waals surface area (Å²) in [5.41, 5.74) is 0.601. The molecule has 1 rings (SSSR count). The highest BCUT2D eigenvalue weighted by Gasteiger charge is 2.16. The molecular weight excluding hydrogens is 188 g/mol. The van der Waals surface area contributed by atoms with E-state index < -0.39 is 0 Å². The molecule has 0 radical (unpaired) electrons. The highest BCUT2D eigenvalue weighted by molar-refractivity contribution is 5.08. The zero-order valence-electron chi connectivity index (χ0n) is 9.45. The molecule has 0 aliphatic carbocycles. The van der Waals surface area contributed by atoms with Crippen LogP contribution in [0.5, 0.6) is 0 Å². The van der Waals surface area contributed by atoms with Crippen LogP contribution < -0.4 is 5.56 Å². The number of hydrogen-bond acceptors (Lipinski definition) is 2. The first-order chi connectivity index (χ1) is 6.94. The zero-order valence-corrected chi connectivity index (χ0v) is 9.45. The minimum absolute atomic E-state index is 0.00346. The molecule has 0 spiro atoms. The van der Waals surface area contributed by atoms with Gasteiger partial charge in [0.2, 0.25) is 0 Å². The van der Waals surface area contributed by atoms with Gasteiger partial charge in [-0.3, -0.25) is 4.79 Å². The Labute approximate surface area is 90.0 Å². The van der Waals surface area contributed by atoms with Crippen LogP contribution in [0.4, 0.5) is 0 Å². The predicted octanol–water partition coefficient (Wildman–Crippen LogP) is 2.10. The van der Waals surface area contributed by atoms with Gasteiger partial charge in [0.25, 0.3) is 5.56 Å². The van der Waals surface area contributed by atoms with Crippen LogP contribution in [-0.2, 0) is 6.54 Å². The van der Waals surface area contributed by atoms with Crippen LogP contribution >= 0.6 is 0 Å². The van der Waals surface area contributed by atoms with Crippen molar-refractivity contribution in [2.45, 2.75) is 33.7 Å². The third-order valence-electron chi connectivity index (χ3n) is 2.43. The van der Waals surface area contributed by atoms with Crippen LogP contribution in [0.3, 0.4) is 0 Å². The summed E-state index contributed by atoms with van der Waals surface area (Å²) in [4.78, 5) is 11.5. The fourth-order valence-electron chi connectivity index (χ4n) is 1.25. The van der Waals surface area contributed by atoms with Gasteiger partial charge in [0, 0.05) is 18.8 Å². The fraction of sp³-hybridized carbons (Fsp3) is 0.500. The quantitative estimate of drug-likeness (QED) is 0.756. The van der Waals surface area contributed by atoms with E-state index in [9.17, 15) is 4.79 Å². The van der Waals surface area contributed by atoms with Gasteiger partial charge in [0.15, 0.2) is 0 Å². The first-order valence-corrected chi connectivity index (χ1v) is 5.03. The molecule has 0 aromatic carbocycles. The highest BCUT2D eigenvalue weighted by atomic mass is 16.1. The summed E-state index contributed by atoms with van der Waals surface area (Å²) in [6.07, 6.45) is 2.47. The number of aryl methyl sites for hydroxylation is 2. The summed E-state index contributed by atoms with van der Waals surface area (Å²) >= 11 is 0. The number of hydrogen-bond donors (Lipinski definition) is 0. The Balaban J connectivity index is 2.76. The number of nitriles is 1. The Bertz CT molecular complexity index is 438. The van der Waals surface area contributed by atoms with Gasteiger partial charge in [-0.05, 0) is 38.8 Å². The van der Waals surface area contributed by atoms with Crippen molar-refractivity contribution in [3.63, 3.8) is 0 Å². The lowest BCUT2D eigenvalue weighted by Crippen LogP contribution is -2.22. The lowest BCUT2D eigenvalue weighted by molar-refractivity contribution is 0.409. The van der Waals surface area contributed by atoms with E-state index in [4.69, 9.17) is 5.26 Å². The minimum Gasteiger partial charge on any atom is -0.315 e. The molecule has 0 aliphatic heterocycles. The normalized spacial score (nSPS) is 11.1. The van der Waals surface area contributed by atoms with Crippen LogP contribution in [0.15, 0.2) is 23.1 Å². The maximum Gasteiger partial charge on any atom is 0.250 e. The van der Waals surface area contributed by atoms with Gasteiger partial charge in [-0.15, -0.1) is 0 Å². The standard InChI is InChI=1S/C12H16N2O/c1-10-4-6-14(11(15)8-10)7-5-12(2,3)9-13/h4,6,8H,5,7H2,1-3H3. The van der Waals surface area contributed by atoms with E-state index in [1.54, 1.807) is 16.8 Å². The molecule has 0 unspecified atom stereocenters. The Morgan fingerprint density at radius 1 is 1.53 bits per heavy atom. The number of nitrogens with zero attached hydrogens (tertiary/aromatic N) is 2. The molecule has 0 amide bonds. The predicted molar refractivity (Wildman–Crippen MR) is 59.5 cm³/mol. The van der Waals surface area contributed by atoms with Crippen molar-refractivity contribution in [3.05, 3.63) is 34.2 Å². The molecule has 3 heteroatoms. The lowest BCUT2D eigenvalue weighted by Gasteiger charge is -2.15. The van der Waals surface area contributed by atoms with Gasteiger partial charge < -0.3 is 4.57 Å². The fourth-order valence-corrected chi connectivity index (χ4v) is 1.25. The zero-order chi connectivity index (χ0) is 11.5. The number of pyridine rings is 1. The second kappa shape index (κ2) is 4.31. The van der Waals surface area contributed by atoms with Gasteiger partial charge in [0.05, 0.1) is 11.5 Å². The average molecular weight is 204 g/mol. The van der Waals surface area contributed by atoms with Crippen molar-refractivity contribution in [2.24, 2.45) is 5.41 Å². The Kier molecular flexibility index (Phi) is 3.31. The molecule has 1 aromatic rings. The number of aromatic nitrogens is 1. The van der Waals surface area contributed by atoms with E-state index in [-0.39, 0.29) is 11.0 Å². The summed E-state index contributed by atoms with van der Waals surface area (Å²) in [7, 11) is 0. The Morgan fingerprint density at radius 3 is 2.73 bits per heavy atom. The average Bonchev–Trinajstić information content (AvgIpc) is 2.16. The molecule has 0 aliphatic rings. The molecule has 0 fully saturated rings. The van der Waals surface area contributed by atoms with Crippen molar-refractivity contribution >= 4 is 0 Å². The lowest BCUT2D eigenvalue weighted by atomic mass is 9.91. The molecular formula is C12H16N2O. The number of rotatable bonds is 3. The monoisotopic (exact) mass is 204 g/mol. The van der Waals surface area contributed by atoms with E-state index in [1.165, 1.54) is 0 Å². The summed E-state index contributed by atoms with van der Waals surface area (Å²) < 4.78 is 1.64. The second-order valence-corrected chi connectivity index (χ2v) is 4.48. The van der Waals surface area contributed by atoms with E-state index in [0.717, 1.165) is 5.56 Å². The SMILES string of the molecule is Cc1ccn(CCC(C)(C)C#N)c(=O)c1. The van der Waals surface area contributed by atoms with Crippen molar-refractivity contribution in [1.29, 1.82) is 5.26 Å². The van der Waals surface area contributed by atoms with Gasteiger partial charge in [-0.2, -0.15) is 5.26 Å². The summed E-state index contributed by atoms with van der Waals surface area (Å²) in [6.45, 7) is 6.25. The maximum atomic E-state index is 11.5. The van der Waals surface area contributed by atoms with Crippen molar-refractivity contribution < 1.29 is 0 Å². The molecule has 0 bridgehead atoms. The topological polar surface area (TPSA) is 45.8 Å². The van der Waals surface area contributed by atoms with E-state index in [1.807, 2.05) is 26.8 Å². The third kappa shape index (κ3) is 3.25. The first-order valence-electron chi connectivity index (χ1n) is 5.03. The third-order valence-corrected chi connectivity index (χ3v) is 2.43. The van der Waals surface area contributed by atoms with Crippen LogP contribution in [0.25, 0.3) is 0 Å². The molecule has 80 valence electrons. The molecule has 0 saturated carbocycles. The maximum absolute atomic E-state index is 11.5. The molecule has 0 N–H and O–H groups in total. The summed E-state index contributed by atoms with van der Waals surface area (Å²) in [5.74, 6) is 0. The van der Waals surface area contributed by atoms with Gasteiger partial charge in [0.1, 0.15) is 0 Å². The van der Waals surface area contributed by atoms with Gasteiger partial charge in [-0.1, -0.05) is 0 Å². The largest absolute Gasteiger partial charge is 0.315 e. The van der Waals surface area contributed by atoms with Crippen molar-refractivity contribution in [1.82, 2.24) is 4.57 Å². The highest BCUT2D eigenvalue weighted by Crippen LogP contribution is 2.18. The molecule has 3 nitrogen and oxygen atoms in total. The minimum atomic E-state index is -0.371. The van der Waals surface area contributed by atoms with Crippen molar-refractivity contribution in [2.75, 3.05) is 0 Å². The van der Waals surface area contributed by atoms with E-state index in [2.05, 4.69) is 6.07 Å². The Morgan fingerprint density at radius 2 is 2.20 bits per heavy atom. The summed E-state index contributed by atoms with van der Waals surface area (Å²) in [6, 6.07) is 5.74. The molecule has 1 heterocycles. The van der Waals surface area contributed by atoms with Crippen LogP contribution in [0, 0.1) is 23.7 Å². The van der Waals surface area contributed by atoms with E-state index >= 15 is 0 Å². The van der Waals surface area contributed by atoms with E-state index in [0.29, 0.717) is 13.0 Å². The molecule has 1 aromatic heterocycles. The Hall–Kier alpha value is -1.56. The van der Waals surface area contributed by atoms with Crippen LogP contribution in [-0.4, -0.2) is 4.57 Å². The second-order valence-electron chi connectivity index (χ2n) is 4.48.